The number of nitrogens with zero attached hydrogens (tertiary/aromatic N) is 2. The summed E-state index contributed by atoms with van der Waals surface area (Å²) < 4.78 is 32.8. The van der Waals surface area contributed by atoms with Crippen molar-refractivity contribution in [2.45, 2.75) is 18.1 Å². The lowest BCUT2D eigenvalue weighted by Crippen LogP contribution is -2.34. The predicted octanol–water partition coefficient (Wildman–Crippen LogP) is 0.687. The summed E-state index contributed by atoms with van der Waals surface area (Å²) in [5.74, 6) is 0. The van der Waals surface area contributed by atoms with E-state index in [4.69, 9.17) is 14.6 Å². The number of methoxy groups -OCH3 is 2. The first-order chi connectivity index (χ1) is 10.2. The van der Waals surface area contributed by atoms with Crippen molar-refractivity contribution in [2.24, 2.45) is 5.14 Å². The van der Waals surface area contributed by atoms with Gasteiger partial charge in [-0.3, -0.25) is 10.1 Å². The molecular formula is C12H19N3O6S. The molecule has 1 rings (SSSR count). The van der Waals surface area contributed by atoms with Crippen LogP contribution in [0.4, 0.5) is 11.4 Å². The molecule has 0 aliphatic carbocycles. The van der Waals surface area contributed by atoms with Gasteiger partial charge in [-0.15, -0.1) is 0 Å². The Hall–Kier alpha value is -1.75. The van der Waals surface area contributed by atoms with Crippen molar-refractivity contribution in [2.75, 3.05) is 32.2 Å². The summed E-state index contributed by atoms with van der Waals surface area (Å²) in [5, 5.41) is 16.2. The molecule has 0 atom stereocenters. The summed E-state index contributed by atoms with van der Waals surface area (Å²) in [6.45, 7) is 2.50. The van der Waals surface area contributed by atoms with Gasteiger partial charge in [-0.05, 0) is 19.1 Å². The Morgan fingerprint density at radius 2 is 1.95 bits per heavy atom. The molecule has 0 bridgehead atoms. The van der Waals surface area contributed by atoms with Gasteiger partial charge in [0.1, 0.15) is 5.69 Å². The van der Waals surface area contributed by atoms with E-state index in [-0.39, 0.29) is 22.8 Å². The Balaban J connectivity index is 3.29. The highest BCUT2D eigenvalue weighted by Gasteiger charge is 2.24. The third-order valence-electron chi connectivity index (χ3n) is 3.09. The van der Waals surface area contributed by atoms with Crippen molar-refractivity contribution < 1.29 is 22.8 Å². The maximum atomic E-state index is 11.3. The van der Waals surface area contributed by atoms with Crippen LogP contribution in [0.3, 0.4) is 0 Å². The van der Waals surface area contributed by atoms with Crippen LogP contribution >= 0.6 is 0 Å². The molecular weight excluding hydrogens is 314 g/mol. The molecule has 0 radical (unpaired) electrons. The number of anilines is 1. The fourth-order valence-electron chi connectivity index (χ4n) is 1.92. The number of hydrogen-bond acceptors (Lipinski definition) is 7. The van der Waals surface area contributed by atoms with Crippen LogP contribution in [0.15, 0.2) is 23.1 Å². The molecule has 0 saturated carbocycles. The molecule has 1 aromatic carbocycles. The SMILES string of the molecule is CCN(CC(OC)OC)c1ccc(S(N)(=O)=O)cc1[N+](=O)[O-]. The predicted molar refractivity (Wildman–Crippen MR) is 80.2 cm³/mol. The summed E-state index contributed by atoms with van der Waals surface area (Å²) >= 11 is 0. The molecule has 0 unspecified atom stereocenters. The van der Waals surface area contributed by atoms with Crippen LogP contribution in [0.2, 0.25) is 0 Å². The molecule has 2 N–H and O–H groups in total. The number of benzene rings is 1. The fraction of sp³-hybridized carbons (Fsp3) is 0.500. The maximum Gasteiger partial charge on any atom is 0.293 e. The second-order valence-electron chi connectivity index (χ2n) is 4.39. The van der Waals surface area contributed by atoms with E-state index in [1.807, 2.05) is 0 Å². The van der Waals surface area contributed by atoms with Gasteiger partial charge in [0.15, 0.2) is 6.29 Å². The van der Waals surface area contributed by atoms with E-state index in [0.717, 1.165) is 6.07 Å². The van der Waals surface area contributed by atoms with Crippen LogP contribution in [0, 0.1) is 10.1 Å². The second-order valence-corrected chi connectivity index (χ2v) is 5.95. The summed E-state index contributed by atoms with van der Waals surface area (Å²) in [6.07, 6.45) is -0.572. The van der Waals surface area contributed by atoms with Crippen molar-refractivity contribution in [3.05, 3.63) is 28.3 Å². The number of nitro benzene ring substituents is 1. The normalized spacial score (nSPS) is 11.7. The Bertz CT molecular complexity index is 630. The Morgan fingerprint density at radius 3 is 2.36 bits per heavy atom. The minimum atomic E-state index is -4.01. The third-order valence-corrected chi connectivity index (χ3v) is 4.00. The molecule has 124 valence electrons. The number of primary sulfonamides is 1. The highest BCUT2D eigenvalue weighted by molar-refractivity contribution is 7.89. The lowest BCUT2D eigenvalue weighted by atomic mass is 10.2. The van der Waals surface area contributed by atoms with Crippen molar-refractivity contribution in [3.8, 4) is 0 Å². The smallest absolute Gasteiger partial charge is 0.293 e. The van der Waals surface area contributed by atoms with E-state index in [2.05, 4.69) is 0 Å². The van der Waals surface area contributed by atoms with Gasteiger partial charge in [0, 0.05) is 26.8 Å². The standard InChI is InChI=1S/C12H19N3O6S/c1-4-14(8-12(20-2)21-3)10-6-5-9(22(13,18)19)7-11(10)15(16)17/h5-7,12H,4,8H2,1-3H3,(H2,13,18,19). The van der Waals surface area contributed by atoms with E-state index < -0.39 is 21.2 Å². The summed E-state index contributed by atoms with van der Waals surface area (Å²) in [6, 6.07) is 3.53. The van der Waals surface area contributed by atoms with Crippen molar-refractivity contribution in [3.63, 3.8) is 0 Å². The minimum absolute atomic E-state index is 0.249. The number of rotatable bonds is 8. The number of hydrogen-bond donors (Lipinski definition) is 1. The molecule has 0 aliphatic rings. The van der Waals surface area contributed by atoms with E-state index in [9.17, 15) is 18.5 Å². The summed E-state index contributed by atoms with van der Waals surface area (Å²) in [4.78, 5) is 11.9. The van der Waals surface area contributed by atoms with Gasteiger partial charge in [-0.1, -0.05) is 0 Å². The fourth-order valence-corrected chi connectivity index (χ4v) is 2.45. The number of sulfonamides is 1. The average molecular weight is 333 g/mol. The van der Waals surface area contributed by atoms with Gasteiger partial charge in [-0.25, -0.2) is 13.6 Å². The van der Waals surface area contributed by atoms with Gasteiger partial charge in [-0.2, -0.15) is 0 Å². The number of likely N-dealkylation sites (N-methyl/N-ethyl adjacent to an activating group) is 1. The molecule has 0 saturated heterocycles. The number of ether oxygens (including phenoxy) is 2. The van der Waals surface area contributed by atoms with Crippen LogP contribution in [0.1, 0.15) is 6.92 Å². The second kappa shape index (κ2) is 7.49. The van der Waals surface area contributed by atoms with E-state index in [1.165, 1.54) is 26.4 Å². The highest BCUT2D eigenvalue weighted by atomic mass is 32.2. The van der Waals surface area contributed by atoms with Gasteiger partial charge in [0.25, 0.3) is 5.69 Å². The van der Waals surface area contributed by atoms with Crippen molar-refractivity contribution >= 4 is 21.4 Å². The molecule has 0 aromatic heterocycles. The van der Waals surface area contributed by atoms with Crippen molar-refractivity contribution in [1.82, 2.24) is 0 Å². The number of nitro groups is 1. The largest absolute Gasteiger partial charge is 0.361 e. The van der Waals surface area contributed by atoms with E-state index in [0.29, 0.717) is 6.54 Å². The number of nitrogens with two attached hydrogens (primary N) is 1. The molecule has 10 heteroatoms. The van der Waals surface area contributed by atoms with Crippen LogP contribution in [-0.2, 0) is 19.5 Å². The zero-order chi connectivity index (χ0) is 16.9. The Labute approximate surface area is 128 Å². The molecule has 22 heavy (non-hydrogen) atoms. The van der Waals surface area contributed by atoms with Crippen molar-refractivity contribution in [1.29, 1.82) is 0 Å². The third kappa shape index (κ3) is 4.37. The van der Waals surface area contributed by atoms with Gasteiger partial charge < -0.3 is 14.4 Å². The molecule has 1 aromatic rings. The van der Waals surface area contributed by atoms with Crippen LogP contribution in [0.5, 0.6) is 0 Å². The first kappa shape index (κ1) is 18.3. The van der Waals surface area contributed by atoms with Gasteiger partial charge in [0.05, 0.1) is 16.4 Å². The highest BCUT2D eigenvalue weighted by Crippen LogP contribution is 2.30. The zero-order valence-corrected chi connectivity index (χ0v) is 13.4. The quantitative estimate of drug-likeness (QED) is 0.421. The lowest BCUT2D eigenvalue weighted by molar-refractivity contribution is -0.384. The first-order valence-electron chi connectivity index (χ1n) is 6.36. The molecule has 0 amide bonds. The monoisotopic (exact) mass is 333 g/mol. The van der Waals surface area contributed by atoms with Crippen LogP contribution in [-0.4, -0.2) is 46.9 Å². The van der Waals surface area contributed by atoms with Crippen LogP contribution < -0.4 is 10.0 Å². The average Bonchev–Trinajstić information content (AvgIpc) is 2.47. The van der Waals surface area contributed by atoms with E-state index >= 15 is 0 Å². The van der Waals surface area contributed by atoms with Gasteiger partial charge >= 0.3 is 0 Å². The molecule has 9 nitrogen and oxygen atoms in total. The summed E-state index contributed by atoms with van der Waals surface area (Å²) in [5.41, 5.74) is -0.0849. The molecule has 0 heterocycles. The maximum absolute atomic E-state index is 11.3. The molecule has 0 spiro atoms. The molecule has 0 aliphatic heterocycles. The molecule has 0 fully saturated rings. The van der Waals surface area contributed by atoms with Crippen LogP contribution in [0.25, 0.3) is 0 Å². The summed E-state index contributed by atoms with van der Waals surface area (Å²) in [7, 11) is -1.10. The zero-order valence-electron chi connectivity index (χ0n) is 12.6. The minimum Gasteiger partial charge on any atom is -0.361 e. The van der Waals surface area contributed by atoms with E-state index in [1.54, 1.807) is 11.8 Å². The van der Waals surface area contributed by atoms with Gasteiger partial charge in [0.2, 0.25) is 10.0 Å². The first-order valence-corrected chi connectivity index (χ1v) is 7.91. The lowest BCUT2D eigenvalue weighted by Gasteiger charge is -2.26. The Kier molecular flexibility index (Phi) is 6.23. The Morgan fingerprint density at radius 1 is 1.36 bits per heavy atom. The topological polar surface area (TPSA) is 125 Å².